The molecular formula is C12H26N2. The van der Waals surface area contributed by atoms with E-state index in [-0.39, 0.29) is 0 Å². The van der Waals surface area contributed by atoms with Crippen molar-refractivity contribution in [2.75, 3.05) is 26.2 Å². The predicted octanol–water partition coefficient (Wildman–Crippen LogP) is 1.96. The number of nitrogens with zero attached hydrogens (tertiary/aromatic N) is 1. The van der Waals surface area contributed by atoms with E-state index in [4.69, 9.17) is 0 Å². The molecule has 0 aromatic carbocycles. The van der Waals surface area contributed by atoms with E-state index in [1.807, 2.05) is 0 Å². The standard InChI is InChI=1S/C12H26N2/c1-5-12(13-6-2)9-14-7-10(3)11(4)8-14/h10-13H,5-9H2,1-4H3. The Morgan fingerprint density at radius 2 is 1.79 bits per heavy atom. The minimum absolute atomic E-state index is 0.692. The van der Waals surface area contributed by atoms with Gasteiger partial charge in [0.05, 0.1) is 0 Å². The largest absolute Gasteiger partial charge is 0.313 e. The second kappa shape index (κ2) is 5.72. The van der Waals surface area contributed by atoms with Crippen LogP contribution < -0.4 is 5.32 Å². The minimum Gasteiger partial charge on any atom is -0.313 e. The van der Waals surface area contributed by atoms with Crippen molar-refractivity contribution in [3.8, 4) is 0 Å². The second-order valence-corrected chi connectivity index (χ2v) is 4.84. The van der Waals surface area contributed by atoms with Gasteiger partial charge in [0.2, 0.25) is 0 Å². The summed E-state index contributed by atoms with van der Waals surface area (Å²) in [6.45, 7) is 14.1. The summed E-state index contributed by atoms with van der Waals surface area (Å²) < 4.78 is 0. The van der Waals surface area contributed by atoms with Crippen molar-refractivity contribution in [3.05, 3.63) is 0 Å². The summed E-state index contributed by atoms with van der Waals surface area (Å²) in [4.78, 5) is 2.62. The van der Waals surface area contributed by atoms with E-state index in [2.05, 4.69) is 37.9 Å². The molecule has 0 radical (unpaired) electrons. The van der Waals surface area contributed by atoms with Gasteiger partial charge in [0.25, 0.3) is 0 Å². The van der Waals surface area contributed by atoms with Gasteiger partial charge in [0.1, 0.15) is 0 Å². The highest BCUT2D eigenvalue weighted by Crippen LogP contribution is 2.22. The van der Waals surface area contributed by atoms with Gasteiger partial charge in [-0.25, -0.2) is 0 Å². The van der Waals surface area contributed by atoms with Gasteiger partial charge in [0, 0.05) is 25.7 Å². The highest BCUT2D eigenvalue weighted by Gasteiger charge is 2.26. The maximum Gasteiger partial charge on any atom is 0.0192 e. The van der Waals surface area contributed by atoms with Gasteiger partial charge >= 0.3 is 0 Å². The first-order chi connectivity index (χ1) is 6.67. The third-order valence-electron chi connectivity index (χ3n) is 3.53. The molecular weight excluding hydrogens is 172 g/mol. The van der Waals surface area contributed by atoms with E-state index in [1.165, 1.54) is 26.1 Å². The lowest BCUT2D eigenvalue weighted by atomic mass is 10.0. The molecule has 1 heterocycles. The SMILES string of the molecule is CCNC(CC)CN1CC(C)C(C)C1. The summed E-state index contributed by atoms with van der Waals surface area (Å²) >= 11 is 0. The van der Waals surface area contributed by atoms with Crippen LogP contribution in [-0.2, 0) is 0 Å². The average molecular weight is 198 g/mol. The molecule has 0 bridgehead atoms. The van der Waals surface area contributed by atoms with Crippen LogP contribution in [-0.4, -0.2) is 37.1 Å². The van der Waals surface area contributed by atoms with Crippen molar-refractivity contribution in [1.29, 1.82) is 0 Å². The summed E-state index contributed by atoms with van der Waals surface area (Å²) in [5.41, 5.74) is 0. The molecule has 1 N–H and O–H groups in total. The van der Waals surface area contributed by atoms with E-state index in [0.29, 0.717) is 6.04 Å². The number of hydrogen-bond acceptors (Lipinski definition) is 2. The molecule has 1 aliphatic rings. The Morgan fingerprint density at radius 1 is 1.21 bits per heavy atom. The number of nitrogens with one attached hydrogen (secondary N) is 1. The molecule has 2 nitrogen and oxygen atoms in total. The molecule has 1 aliphatic heterocycles. The normalized spacial score (nSPS) is 30.9. The molecule has 0 aliphatic carbocycles. The highest BCUT2D eigenvalue weighted by molar-refractivity contribution is 4.81. The molecule has 0 aromatic rings. The van der Waals surface area contributed by atoms with E-state index < -0.39 is 0 Å². The zero-order valence-electron chi connectivity index (χ0n) is 10.2. The third kappa shape index (κ3) is 3.25. The van der Waals surface area contributed by atoms with Crippen LogP contribution in [0.15, 0.2) is 0 Å². The van der Waals surface area contributed by atoms with Crippen molar-refractivity contribution in [3.63, 3.8) is 0 Å². The summed E-state index contributed by atoms with van der Waals surface area (Å²) in [6.07, 6.45) is 1.24. The van der Waals surface area contributed by atoms with Crippen molar-refractivity contribution in [1.82, 2.24) is 10.2 Å². The van der Waals surface area contributed by atoms with Gasteiger partial charge < -0.3 is 10.2 Å². The maximum absolute atomic E-state index is 3.55. The zero-order valence-corrected chi connectivity index (χ0v) is 10.2. The zero-order chi connectivity index (χ0) is 10.6. The molecule has 1 rings (SSSR count). The fourth-order valence-corrected chi connectivity index (χ4v) is 2.34. The molecule has 2 heteroatoms. The van der Waals surface area contributed by atoms with Crippen LogP contribution in [0.5, 0.6) is 0 Å². The van der Waals surface area contributed by atoms with Crippen LogP contribution in [0.25, 0.3) is 0 Å². The molecule has 3 atom stereocenters. The first kappa shape index (κ1) is 12.0. The lowest BCUT2D eigenvalue weighted by Crippen LogP contribution is -2.39. The number of likely N-dealkylation sites (tertiary alicyclic amines) is 1. The van der Waals surface area contributed by atoms with Crippen LogP contribution in [0.2, 0.25) is 0 Å². The molecule has 3 unspecified atom stereocenters. The molecule has 0 saturated carbocycles. The van der Waals surface area contributed by atoms with E-state index >= 15 is 0 Å². The Balaban J connectivity index is 2.29. The highest BCUT2D eigenvalue weighted by atomic mass is 15.2. The Kier molecular flexibility index (Phi) is 4.90. The van der Waals surface area contributed by atoms with Crippen molar-refractivity contribution >= 4 is 0 Å². The molecule has 84 valence electrons. The lowest BCUT2D eigenvalue weighted by Gasteiger charge is -2.23. The van der Waals surface area contributed by atoms with Crippen LogP contribution in [0.3, 0.4) is 0 Å². The molecule has 0 aromatic heterocycles. The lowest BCUT2D eigenvalue weighted by molar-refractivity contribution is 0.277. The Hall–Kier alpha value is -0.0800. The van der Waals surface area contributed by atoms with Gasteiger partial charge in [-0.05, 0) is 24.8 Å². The Bertz CT molecular complexity index is 148. The fraction of sp³-hybridized carbons (Fsp3) is 1.00. The summed E-state index contributed by atoms with van der Waals surface area (Å²) in [6, 6.07) is 0.692. The van der Waals surface area contributed by atoms with Gasteiger partial charge in [-0.2, -0.15) is 0 Å². The molecule has 1 saturated heterocycles. The van der Waals surface area contributed by atoms with Gasteiger partial charge in [-0.3, -0.25) is 0 Å². The Morgan fingerprint density at radius 3 is 2.21 bits per heavy atom. The summed E-state index contributed by atoms with van der Waals surface area (Å²) in [5, 5.41) is 3.55. The molecule has 0 amide bonds. The van der Waals surface area contributed by atoms with Crippen LogP contribution in [0.1, 0.15) is 34.1 Å². The topological polar surface area (TPSA) is 15.3 Å². The van der Waals surface area contributed by atoms with Crippen LogP contribution in [0.4, 0.5) is 0 Å². The van der Waals surface area contributed by atoms with E-state index in [9.17, 15) is 0 Å². The van der Waals surface area contributed by atoms with Crippen molar-refractivity contribution in [2.24, 2.45) is 11.8 Å². The second-order valence-electron chi connectivity index (χ2n) is 4.84. The van der Waals surface area contributed by atoms with E-state index in [0.717, 1.165) is 18.4 Å². The van der Waals surface area contributed by atoms with Crippen LogP contribution >= 0.6 is 0 Å². The predicted molar refractivity (Wildman–Crippen MR) is 62.5 cm³/mol. The maximum atomic E-state index is 3.55. The number of hydrogen-bond donors (Lipinski definition) is 1. The van der Waals surface area contributed by atoms with Crippen molar-refractivity contribution in [2.45, 2.75) is 40.2 Å². The molecule has 14 heavy (non-hydrogen) atoms. The van der Waals surface area contributed by atoms with Gasteiger partial charge in [-0.15, -0.1) is 0 Å². The Labute approximate surface area is 89.1 Å². The quantitative estimate of drug-likeness (QED) is 0.726. The monoisotopic (exact) mass is 198 g/mol. The molecule has 0 spiro atoms. The first-order valence-electron chi connectivity index (χ1n) is 6.13. The minimum atomic E-state index is 0.692. The summed E-state index contributed by atoms with van der Waals surface area (Å²) in [5.74, 6) is 1.77. The van der Waals surface area contributed by atoms with Gasteiger partial charge in [0.15, 0.2) is 0 Å². The third-order valence-corrected chi connectivity index (χ3v) is 3.53. The average Bonchev–Trinajstić information content (AvgIpc) is 2.45. The van der Waals surface area contributed by atoms with Gasteiger partial charge in [-0.1, -0.05) is 27.7 Å². The molecule has 1 fully saturated rings. The van der Waals surface area contributed by atoms with Crippen LogP contribution in [0, 0.1) is 11.8 Å². The smallest absolute Gasteiger partial charge is 0.0192 e. The first-order valence-corrected chi connectivity index (χ1v) is 6.13. The summed E-state index contributed by atoms with van der Waals surface area (Å²) in [7, 11) is 0. The van der Waals surface area contributed by atoms with Crippen molar-refractivity contribution < 1.29 is 0 Å². The number of rotatable bonds is 5. The van der Waals surface area contributed by atoms with E-state index in [1.54, 1.807) is 0 Å². The fourth-order valence-electron chi connectivity index (χ4n) is 2.34. The number of likely N-dealkylation sites (N-methyl/N-ethyl adjacent to an activating group) is 1.